The fraction of sp³-hybridized carbons (Fsp3) is 0.565. The Hall–Kier alpha value is -2.14. The molecule has 5 heteroatoms. The van der Waals surface area contributed by atoms with Crippen molar-refractivity contribution in [3.8, 4) is 0 Å². The van der Waals surface area contributed by atoms with Crippen molar-refractivity contribution < 1.29 is 14.7 Å². The summed E-state index contributed by atoms with van der Waals surface area (Å²) in [6, 6.07) is 8.25. The SMILES string of the molecule is CCC(=O)N(C)C[C@@H]1[C@@H](c2ccc(C3=CCCCC3)cc2)[C@H](CO)N1C(C)=O. The molecule has 0 radical (unpaired) electrons. The molecule has 0 saturated carbocycles. The second-order valence-corrected chi connectivity index (χ2v) is 7.99. The van der Waals surface area contributed by atoms with Gasteiger partial charge in [0.2, 0.25) is 11.8 Å². The van der Waals surface area contributed by atoms with Gasteiger partial charge in [-0.15, -0.1) is 0 Å². The normalized spacial score (nSPS) is 24.4. The zero-order valence-electron chi connectivity index (χ0n) is 17.2. The van der Waals surface area contributed by atoms with Crippen molar-refractivity contribution >= 4 is 17.4 Å². The van der Waals surface area contributed by atoms with Crippen LogP contribution in [0.2, 0.25) is 0 Å². The summed E-state index contributed by atoms with van der Waals surface area (Å²) in [4.78, 5) is 27.6. The largest absolute Gasteiger partial charge is 0.394 e. The molecule has 1 aromatic rings. The first kappa shape index (κ1) is 20.6. The van der Waals surface area contributed by atoms with Crippen LogP contribution in [0, 0.1) is 0 Å². The molecule has 3 atom stereocenters. The van der Waals surface area contributed by atoms with Gasteiger partial charge in [-0.3, -0.25) is 9.59 Å². The van der Waals surface area contributed by atoms with Crippen LogP contribution in [0.5, 0.6) is 0 Å². The van der Waals surface area contributed by atoms with E-state index in [0.717, 1.165) is 18.4 Å². The summed E-state index contributed by atoms with van der Waals surface area (Å²) in [6.07, 6.45) is 7.59. The molecule has 1 aliphatic carbocycles. The molecule has 0 unspecified atom stereocenters. The van der Waals surface area contributed by atoms with E-state index in [1.807, 2.05) is 6.92 Å². The fourth-order valence-corrected chi connectivity index (χ4v) is 4.73. The molecule has 0 aromatic heterocycles. The van der Waals surface area contributed by atoms with E-state index in [9.17, 15) is 14.7 Å². The maximum absolute atomic E-state index is 12.2. The van der Waals surface area contributed by atoms with Crippen molar-refractivity contribution in [2.45, 2.75) is 64.0 Å². The highest BCUT2D eigenvalue weighted by molar-refractivity contribution is 5.77. The van der Waals surface area contributed by atoms with Crippen LogP contribution >= 0.6 is 0 Å². The Morgan fingerprint density at radius 2 is 1.89 bits per heavy atom. The van der Waals surface area contributed by atoms with E-state index >= 15 is 0 Å². The minimum Gasteiger partial charge on any atom is -0.394 e. The van der Waals surface area contributed by atoms with Gasteiger partial charge in [-0.05, 0) is 42.4 Å². The molecule has 1 N–H and O–H groups in total. The molecule has 0 spiro atoms. The predicted molar refractivity (Wildman–Crippen MR) is 111 cm³/mol. The number of aliphatic hydroxyl groups excluding tert-OH is 1. The van der Waals surface area contributed by atoms with Gasteiger partial charge in [0.25, 0.3) is 0 Å². The van der Waals surface area contributed by atoms with E-state index < -0.39 is 0 Å². The summed E-state index contributed by atoms with van der Waals surface area (Å²) in [5, 5.41) is 9.92. The number of carbonyl (C=O) groups is 2. The highest BCUT2D eigenvalue weighted by Gasteiger charge is 2.50. The topological polar surface area (TPSA) is 60.9 Å². The molecule has 5 nitrogen and oxygen atoms in total. The van der Waals surface area contributed by atoms with Crippen LogP contribution in [0.15, 0.2) is 30.3 Å². The van der Waals surface area contributed by atoms with E-state index in [-0.39, 0.29) is 36.4 Å². The Balaban J connectivity index is 1.83. The number of carbonyl (C=O) groups excluding carboxylic acids is 2. The molecular weight excluding hydrogens is 352 g/mol. The monoisotopic (exact) mass is 384 g/mol. The Morgan fingerprint density at radius 1 is 1.18 bits per heavy atom. The second-order valence-electron chi connectivity index (χ2n) is 7.99. The van der Waals surface area contributed by atoms with Gasteiger partial charge >= 0.3 is 0 Å². The van der Waals surface area contributed by atoms with E-state index in [2.05, 4.69) is 30.3 Å². The van der Waals surface area contributed by atoms with Gasteiger partial charge in [-0.2, -0.15) is 0 Å². The minimum absolute atomic E-state index is 0.0374. The average molecular weight is 385 g/mol. The number of likely N-dealkylation sites (N-methyl/N-ethyl adjacent to an activating group) is 1. The number of allylic oxidation sites excluding steroid dienone is 2. The van der Waals surface area contributed by atoms with Crippen molar-refractivity contribution in [2.24, 2.45) is 0 Å². The summed E-state index contributed by atoms with van der Waals surface area (Å²) in [7, 11) is 1.78. The van der Waals surface area contributed by atoms with Gasteiger partial charge in [0.15, 0.2) is 0 Å². The van der Waals surface area contributed by atoms with E-state index in [1.54, 1.807) is 16.8 Å². The molecule has 0 bridgehead atoms. The zero-order valence-corrected chi connectivity index (χ0v) is 17.2. The van der Waals surface area contributed by atoms with Crippen LogP contribution in [0.4, 0.5) is 0 Å². The summed E-state index contributed by atoms with van der Waals surface area (Å²) in [5.74, 6) is 0.0475. The maximum atomic E-state index is 12.2. The molecule has 1 aromatic carbocycles. The quantitative estimate of drug-likeness (QED) is 0.819. The van der Waals surface area contributed by atoms with Crippen LogP contribution in [-0.2, 0) is 9.59 Å². The highest BCUT2D eigenvalue weighted by atomic mass is 16.3. The van der Waals surface area contributed by atoms with Gasteiger partial charge in [0.05, 0.1) is 18.7 Å². The third-order valence-corrected chi connectivity index (χ3v) is 6.24. The van der Waals surface area contributed by atoms with Crippen LogP contribution in [0.1, 0.15) is 63.0 Å². The maximum Gasteiger partial charge on any atom is 0.222 e. The summed E-state index contributed by atoms with van der Waals surface area (Å²) in [5.41, 5.74) is 3.81. The lowest BCUT2D eigenvalue weighted by molar-refractivity contribution is -0.151. The summed E-state index contributed by atoms with van der Waals surface area (Å²) in [6.45, 7) is 3.79. The Morgan fingerprint density at radius 3 is 2.43 bits per heavy atom. The third kappa shape index (κ3) is 4.00. The first-order chi connectivity index (χ1) is 13.5. The first-order valence-corrected chi connectivity index (χ1v) is 10.4. The molecule has 1 saturated heterocycles. The Labute approximate surface area is 168 Å². The van der Waals surface area contributed by atoms with Crippen LogP contribution < -0.4 is 0 Å². The molecule has 28 heavy (non-hydrogen) atoms. The lowest BCUT2D eigenvalue weighted by Crippen LogP contribution is -2.68. The lowest BCUT2D eigenvalue weighted by atomic mass is 9.74. The fourth-order valence-electron chi connectivity index (χ4n) is 4.73. The Bertz CT molecular complexity index is 741. The molecule has 152 valence electrons. The summed E-state index contributed by atoms with van der Waals surface area (Å²) < 4.78 is 0. The molecule has 1 heterocycles. The van der Waals surface area contributed by atoms with E-state index in [1.165, 1.54) is 30.9 Å². The molecule has 1 aliphatic heterocycles. The predicted octanol–water partition coefficient (Wildman–Crippen LogP) is 3.19. The van der Waals surface area contributed by atoms with Crippen LogP contribution in [0.25, 0.3) is 5.57 Å². The standard InChI is InChI=1S/C23H32N2O3/c1-4-22(28)24(3)14-20-23(21(15-26)25(20)16(2)27)19-12-10-18(11-13-19)17-8-6-5-7-9-17/h8,10-13,20-21,23,26H,4-7,9,14-15H2,1-3H3/t20-,21+,23-/m1/s1. The number of aliphatic hydroxyl groups is 1. The van der Waals surface area contributed by atoms with Crippen molar-refractivity contribution in [3.05, 3.63) is 41.5 Å². The molecule has 3 rings (SSSR count). The van der Waals surface area contributed by atoms with Gasteiger partial charge < -0.3 is 14.9 Å². The first-order valence-electron chi connectivity index (χ1n) is 10.4. The average Bonchev–Trinajstić information content (AvgIpc) is 2.70. The number of hydrogen-bond acceptors (Lipinski definition) is 3. The molecule has 2 aliphatic rings. The van der Waals surface area contributed by atoms with Crippen molar-refractivity contribution in [3.63, 3.8) is 0 Å². The van der Waals surface area contributed by atoms with Crippen molar-refractivity contribution in [2.75, 3.05) is 20.2 Å². The third-order valence-electron chi connectivity index (χ3n) is 6.24. The van der Waals surface area contributed by atoms with Gasteiger partial charge in [-0.1, -0.05) is 37.3 Å². The van der Waals surface area contributed by atoms with Crippen LogP contribution in [-0.4, -0.2) is 59.0 Å². The number of rotatable bonds is 6. The number of nitrogens with zero attached hydrogens (tertiary/aromatic N) is 2. The van der Waals surface area contributed by atoms with Crippen LogP contribution in [0.3, 0.4) is 0 Å². The van der Waals surface area contributed by atoms with E-state index in [0.29, 0.717) is 13.0 Å². The minimum atomic E-state index is -0.229. The van der Waals surface area contributed by atoms with Crippen molar-refractivity contribution in [1.29, 1.82) is 0 Å². The number of benzene rings is 1. The summed E-state index contributed by atoms with van der Waals surface area (Å²) >= 11 is 0. The van der Waals surface area contributed by atoms with Gasteiger partial charge in [0.1, 0.15) is 0 Å². The van der Waals surface area contributed by atoms with Crippen molar-refractivity contribution in [1.82, 2.24) is 9.80 Å². The number of hydrogen-bond donors (Lipinski definition) is 1. The van der Waals surface area contributed by atoms with Gasteiger partial charge in [-0.25, -0.2) is 0 Å². The van der Waals surface area contributed by atoms with Gasteiger partial charge in [0, 0.05) is 32.9 Å². The Kier molecular flexibility index (Phi) is 6.55. The molecule has 1 fully saturated rings. The lowest BCUT2D eigenvalue weighted by Gasteiger charge is -2.55. The molecular formula is C23H32N2O3. The molecule has 2 amide bonds. The number of likely N-dealkylation sites (tertiary alicyclic amines) is 1. The second kappa shape index (κ2) is 8.91. The smallest absolute Gasteiger partial charge is 0.222 e. The highest BCUT2D eigenvalue weighted by Crippen LogP contribution is 2.41. The zero-order chi connectivity index (χ0) is 20.3. The number of amides is 2. The van der Waals surface area contributed by atoms with E-state index in [4.69, 9.17) is 0 Å².